The molecule has 0 aliphatic heterocycles. The summed E-state index contributed by atoms with van der Waals surface area (Å²) in [6, 6.07) is 4.98. The molecule has 16 heavy (non-hydrogen) atoms. The highest BCUT2D eigenvalue weighted by Crippen LogP contribution is 2.36. The third-order valence-corrected chi connectivity index (χ3v) is 3.92. The lowest BCUT2D eigenvalue weighted by molar-refractivity contribution is 0.0951. The Morgan fingerprint density at radius 3 is 2.88 bits per heavy atom. The van der Waals surface area contributed by atoms with Crippen molar-refractivity contribution in [2.24, 2.45) is 11.8 Å². The molecule has 2 atom stereocenters. The Hall–Kier alpha value is -0.780. The quantitative estimate of drug-likeness (QED) is 0.836. The first kappa shape index (κ1) is 11.7. The van der Waals surface area contributed by atoms with E-state index in [0.717, 1.165) is 16.0 Å². The number of amides is 1. The lowest BCUT2D eigenvalue weighted by Gasteiger charge is -2.05. The second-order valence-electron chi connectivity index (χ2n) is 4.35. The molecule has 1 aromatic rings. The van der Waals surface area contributed by atoms with Crippen LogP contribution >= 0.6 is 22.6 Å². The highest BCUT2D eigenvalue weighted by molar-refractivity contribution is 14.1. The summed E-state index contributed by atoms with van der Waals surface area (Å²) in [7, 11) is 0. The summed E-state index contributed by atoms with van der Waals surface area (Å²) in [5, 5.41) is 12.4. The average Bonchev–Trinajstić information content (AvgIpc) is 2.95. The third-order valence-electron chi connectivity index (χ3n) is 3.01. The zero-order chi connectivity index (χ0) is 11.7. The fraction of sp³-hybridized carbons (Fsp3) is 0.417. The van der Waals surface area contributed by atoms with Gasteiger partial charge >= 0.3 is 0 Å². The van der Waals surface area contributed by atoms with Crippen LogP contribution in [0, 0.1) is 15.4 Å². The number of rotatable bonds is 3. The molecule has 1 aliphatic carbocycles. The first-order valence-electron chi connectivity index (χ1n) is 5.34. The van der Waals surface area contributed by atoms with Gasteiger partial charge in [0, 0.05) is 12.1 Å². The SMILES string of the molecule is CC1CC1CNC(=O)c1ccc(I)c(O)c1. The van der Waals surface area contributed by atoms with E-state index in [1.54, 1.807) is 12.1 Å². The largest absolute Gasteiger partial charge is 0.507 e. The number of benzene rings is 1. The van der Waals surface area contributed by atoms with Gasteiger partial charge in [0.1, 0.15) is 5.75 Å². The van der Waals surface area contributed by atoms with E-state index in [9.17, 15) is 9.90 Å². The van der Waals surface area contributed by atoms with Gasteiger partial charge in [-0.15, -0.1) is 0 Å². The maximum Gasteiger partial charge on any atom is 0.251 e. The first-order chi connectivity index (χ1) is 7.58. The predicted molar refractivity (Wildman–Crippen MR) is 70.4 cm³/mol. The smallest absolute Gasteiger partial charge is 0.251 e. The molecule has 2 rings (SSSR count). The molecule has 1 fully saturated rings. The number of aromatic hydroxyl groups is 1. The molecular weight excluding hydrogens is 317 g/mol. The minimum absolute atomic E-state index is 0.106. The van der Waals surface area contributed by atoms with Crippen molar-refractivity contribution >= 4 is 28.5 Å². The Labute approximate surface area is 108 Å². The number of phenols is 1. The second kappa shape index (κ2) is 4.61. The average molecular weight is 331 g/mol. The van der Waals surface area contributed by atoms with Crippen LogP contribution in [0.2, 0.25) is 0 Å². The molecule has 86 valence electrons. The van der Waals surface area contributed by atoms with E-state index in [-0.39, 0.29) is 11.7 Å². The molecule has 0 bridgehead atoms. The third kappa shape index (κ3) is 2.66. The summed E-state index contributed by atoms with van der Waals surface area (Å²) in [6.45, 7) is 2.93. The zero-order valence-corrected chi connectivity index (χ0v) is 11.2. The number of nitrogens with one attached hydrogen (secondary N) is 1. The monoisotopic (exact) mass is 331 g/mol. The van der Waals surface area contributed by atoms with Crippen molar-refractivity contribution in [3.63, 3.8) is 0 Å². The van der Waals surface area contributed by atoms with Crippen LogP contribution in [-0.2, 0) is 0 Å². The maximum atomic E-state index is 11.7. The van der Waals surface area contributed by atoms with E-state index >= 15 is 0 Å². The molecule has 1 saturated carbocycles. The standard InChI is InChI=1S/C12H14INO2/c1-7-4-9(7)6-14-12(16)8-2-3-10(13)11(15)5-8/h2-3,5,7,9,15H,4,6H2,1H3,(H,14,16). The van der Waals surface area contributed by atoms with Crippen LogP contribution in [0.4, 0.5) is 0 Å². The summed E-state index contributed by atoms with van der Waals surface area (Å²) in [5.74, 6) is 1.44. The second-order valence-corrected chi connectivity index (χ2v) is 5.51. The summed E-state index contributed by atoms with van der Waals surface area (Å²) in [6.07, 6.45) is 1.21. The molecule has 1 aliphatic rings. The summed E-state index contributed by atoms with van der Waals surface area (Å²) >= 11 is 2.03. The van der Waals surface area contributed by atoms with Gasteiger partial charge in [-0.05, 0) is 59.0 Å². The first-order valence-corrected chi connectivity index (χ1v) is 6.42. The Morgan fingerprint density at radius 1 is 1.62 bits per heavy atom. The molecule has 2 N–H and O–H groups in total. The van der Waals surface area contributed by atoms with Gasteiger partial charge < -0.3 is 10.4 Å². The molecule has 1 amide bonds. The van der Waals surface area contributed by atoms with Gasteiger partial charge in [0.25, 0.3) is 5.91 Å². The Bertz CT molecular complexity index is 419. The van der Waals surface area contributed by atoms with Crippen molar-refractivity contribution in [3.05, 3.63) is 27.3 Å². The van der Waals surface area contributed by atoms with E-state index < -0.39 is 0 Å². The van der Waals surface area contributed by atoms with Crippen LogP contribution in [0.25, 0.3) is 0 Å². The molecule has 0 aromatic heterocycles. The lowest BCUT2D eigenvalue weighted by Crippen LogP contribution is -2.25. The van der Waals surface area contributed by atoms with E-state index in [4.69, 9.17) is 0 Å². The van der Waals surface area contributed by atoms with E-state index in [0.29, 0.717) is 11.5 Å². The van der Waals surface area contributed by atoms with Crippen molar-refractivity contribution in [3.8, 4) is 5.75 Å². The molecule has 2 unspecified atom stereocenters. The maximum absolute atomic E-state index is 11.7. The Kier molecular flexibility index (Phi) is 3.37. The van der Waals surface area contributed by atoms with Gasteiger partial charge in [-0.1, -0.05) is 6.92 Å². The molecule has 0 radical (unpaired) electrons. The normalized spacial score (nSPS) is 22.9. The van der Waals surface area contributed by atoms with Crippen LogP contribution < -0.4 is 5.32 Å². The van der Waals surface area contributed by atoms with Crippen LogP contribution in [-0.4, -0.2) is 17.6 Å². The van der Waals surface area contributed by atoms with Crippen molar-refractivity contribution in [1.82, 2.24) is 5.32 Å². The molecule has 0 saturated heterocycles. The number of hydrogen-bond donors (Lipinski definition) is 2. The van der Waals surface area contributed by atoms with Crippen LogP contribution in [0.3, 0.4) is 0 Å². The fourth-order valence-electron chi connectivity index (χ4n) is 1.66. The van der Waals surface area contributed by atoms with Crippen molar-refractivity contribution in [2.45, 2.75) is 13.3 Å². The molecule has 0 spiro atoms. The molecule has 1 aromatic carbocycles. The summed E-state index contributed by atoms with van der Waals surface area (Å²) in [4.78, 5) is 11.7. The highest BCUT2D eigenvalue weighted by atomic mass is 127. The van der Waals surface area contributed by atoms with Crippen LogP contribution in [0.1, 0.15) is 23.7 Å². The van der Waals surface area contributed by atoms with E-state index in [1.807, 2.05) is 22.6 Å². The molecular formula is C12H14INO2. The van der Waals surface area contributed by atoms with E-state index in [1.165, 1.54) is 12.5 Å². The summed E-state index contributed by atoms with van der Waals surface area (Å²) < 4.78 is 0.755. The topological polar surface area (TPSA) is 49.3 Å². The minimum Gasteiger partial charge on any atom is -0.507 e. The number of phenolic OH excluding ortho intramolecular Hbond substituents is 1. The Morgan fingerprint density at radius 2 is 2.31 bits per heavy atom. The predicted octanol–water partition coefficient (Wildman–Crippen LogP) is 2.38. The van der Waals surface area contributed by atoms with Crippen molar-refractivity contribution < 1.29 is 9.90 Å². The number of halogens is 1. The van der Waals surface area contributed by atoms with Gasteiger partial charge in [0.05, 0.1) is 3.57 Å². The van der Waals surface area contributed by atoms with Gasteiger partial charge in [-0.25, -0.2) is 0 Å². The van der Waals surface area contributed by atoms with Gasteiger partial charge in [0.2, 0.25) is 0 Å². The van der Waals surface area contributed by atoms with Crippen LogP contribution in [0.5, 0.6) is 5.75 Å². The lowest BCUT2D eigenvalue weighted by atomic mass is 10.2. The number of carbonyl (C=O) groups excluding carboxylic acids is 1. The van der Waals surface area contributed by atoms with Crippen molar-refractivity contribution in [1.29, 1.82) is 0 Å². The Balaban J connectivity index is 1.95. The number of hydrogen-bond acceptors (Lipinski definition) is 2. The van der Waals surface area contributed by atoms with Gasteiger partial charge in [-0.2, -0.15) is 0 Å². The summed E-state index contributed by atoms with van der Waals surface area (Å²) in [5.41, 5.74) is 0.520. The zero-order valence-electron chi connectivity index (χ0n) is 9.03. The fourth-order valence-corrected chi connectivity index (χ4v) is 2.00. The number of carbonyl (C=O) groups is 1. The van der Waals surface area contributed by atoms with E-state index in [2.05, 4.69) is 12.2 Å². The van der Waals surface area contributed by atoms with Crippen molar-refractivity contribution in [2.75, 3.05) is 6.54 Å². The van der Waals surface area contributed by atoms with Gasteiger partial charge in [-0.3, -0.25) is 4.79 Å². The minimum atomic E-state index is -0.106. The molecule has 0 heterocycles. The van der Waals surface area contributed by atoms with Crippen LogP contribution in [0.15, 0.2) is 18.2 Å². The highest BCUT2D eigenvalue weighted by Gasteiger charge is 2.32. The molecule has 4 heteroatoms. The van der Waals surface area contributed by atoms with Gasteiger partial charge in [0.15, 0.2) is 0 Å². The molecule has 3 nitrogen and oxygen atoms in total.